The first-order valence-electron chi connectivity index (χ1n) is 11.4. The summed E-state index contributed by atoms with van der Waals surface area (Å²) in [5.74, 6) is 2.70. The largest absolute Gasteiger partial charge is 0.352 e. The predicted octanol–water partition coefficient (Wildman–Crippen LogP) is 4.92. The van der Waals surface area contributed by atoms with E-state index in [0.29, 0.717) is 18.2 Å². The second-order valence-electron chi connectivity index (χ2n) is 8.78. The van der Waals surface area contributed by atoms with Gasteiger partial charge in [-0.2, -0.15) is 0 Å². The van der Waals surface area contributed by atoms with Crippen molar-refractivity contribution >= 4 is 33.3 Å². The Hall–Kier alpha value is -1.69. The zero-order valence-corrected chi connectivity index (χ0v) is 19.0. The highest BCUT2D eigenvalue weighted by atomic mass is 32.1. The number of fused-ring (bicyclic) bond motifs is 3. The molecular formula is C23H34N4OS. The molecule has 3 heterocycles. The van der Waals surface area contributed by atoms with E-state index >= 15 is 0 Å². The fourth-order valence-corrected chi connectivity index (χ4v) is 5.73. The minimum atomic E-state index is 0.312. The number of aryl methyl sites for hydroxylation is 2. The Labute approximate surface area is 178 Å². The van der Waals surface area contributed by atoms with Gasteiger partial charge in [0.2, 0.25) is 5.91 Å². The van der Waals surface area contributed by atoms with Gasteiger partial charge >= 0.3 is 0 Å². The second kappa shape index (κ2) is 8.99. The maximum absolute atomic E-state index is 12.4. The molecule has 0 saturated carbocycles. The van der Waals surface area contributed by atoms with E-state index in [1.807, 2.05) is 16.2 Å². The lowest BCUT2D eigenvalue weighted by Gasteiger charge is -2.36. The molecule has 1 aliphatic heterocycles. The van der Waals surface area contributed by atoms with E-state index in [2.05, 4.69) is 25.7 Å². The lowest BCUT2D eigenvalue weighted by molar-refractivity contribution is -0.131. The van der Waals surface area contributed by atoms with Crippen LogP contribution >= 0.6 is 11.3 Å². The zero-order chi connectivity index (χ0) is 20.4. The maximum Gasteiger partial charge on any atom is 0.222 e. The Kier molecular flexibility index (Phi) is 6.38. The van der Waals surface area contributed by atoms with E-state index in [4.69, 9.17) is 9.97 Å². The average molecular weight is 415 g/mol. The van der Waals surface area contributed by atoms with E-state index in [1.54, 1.807) is 0 Å². The minimum Gasteiger partial charge on any atom is -0.352 e. The topological polar surface area (TPSA) is 49.3 Å². The van der Waals surface area contributed by atoms with Crippen molar-refractivity contribution in [2.75, 3.05) is 31.1 Å². The summed E-state index contributed by atoms with van der Waals surface area (Å²) in [4.78, 5) is 29.6. The first-order chi connectivity index (χ1) is 14.1. The molecule has 29 heavy (non-hydrogen) atoms. The molecule has 0 N–H and O–H groups in total. The fraction of sp³-hybridized carbons (Fsp3) is 0.696. The van der Waals surface area contributed by atoms with Crippen LogP contribution < -0.4 is 4.90 Å². The van der Waals surface area contributed by atoms with Crippen molar-refractivity contribution in [1.82, 2.24) is 14.9 Å². The summed E-state index contributed by atoms with van der Waals surface area (Å²) < 4.78 is 0. The smallest absolute Gasteiger partial charge is 0.222 e. The summed E-state index contributed by atoms with van der Waals surface area (Å²) in [5, 5.41) is 1.31. The Balaban J connectivity index is 1.64. The van der Waals surface area contributed by atoms with Gasteiger partial charge in [-0.15, -0.1) is 11.3 Å². The van der Waals surface area contributed by atoms with Gasteiger partial charge in [0.05, 0.1) is 5.39 Å². The number of amides is 1. The van der Waals surface area contributed by atoms with Crippen LogP contribution in [0.2, 0.25) is 0 Å². The van der Waals surface area contributed by atoms with Gasteiger partial charge in [-0.05, 0) is 37.7 Å². The highest BCUT2D eigenvalue weighted by molar-refractivity contribution is 7.19. The van der Waals surface area contributed by atoms with Crippen LogP contribution in [-0.2, 0) is 17.6 Å². The van der Waals surface area contributed by atoms with Crippen molar-refractivity contribution in [3.63, 3.8) is 0 Å². The van der Waals surface area contributed by atoms with E-state index < -0.39 is 0 Å². The van der Waals surface area contributed by atoms with Gasteiger partial charge < -0.3 is 9.80 Å². The molecule has 5 nitrogen and oxygen atoms in total. The van der Waals surface area contributed by atoms with E-state index in [-0.39, 0.29) is 0 Å². The molecule has 1 fully saturated rings. The molecule has 158 valence electrons. The molecule has 2 aromatic heterocycles. The molecule has 0 unspecified atom stereocenters. The summed E-state index contributed by atoms with van der Waals surface area (Å²) in [6.45, 7) is 9.83. The van der Waals surface area contributed by atoms with Crippen LogP contribution in [0.25, 0.3) is 10.2 Å². The van der Waals surface area contributed by atoms with E-state index in [9.17, 15) is 4.79 Å². The molecule has 0 atom stereocenters. The number of carbonyl (C=O) groups is 1. The lowest BCUT2D eigenvalue weighted by atomic mass is 10.1. The molecule has 0 aromatic carbocycles. The monoisotopic (exact) mass is 414 g/mol. The number of hydrogen-bond acceptors (Lipinski definition) is 5. The van der Waals surface area contributed by atoms with Crippen LogP contribution in [0, 0.1) is 0 Å². The number of thiophene rings is 1. The summed E-state index contributed by atoms with van der Waals surface area (Å²) in [6.07, 6.45) is 8.97. The molecule has 1 saturated heterocycles. The molecule has 0 bridgehead atoms. The van der Waals surface area contributed by atoms with Crippen LogP contribution in [0.4, 0.5) is 5.82 Å². The van der Waals surface area contributed by atoms with Crippen molar-refractivity contribution < 1.29 is 4.79 Å². The Morgan fingerprint density at radius 2 is 1.83 bits per heavy atom. The summed E-state index contributed by atoms with van der Waals surface area (Å²) in [5.41, 5.74) is 1.51. The number of unbranched alkanes of at least 4 members (excludes halogenated alkanes) is 1. The number of anilines is 1. The maximum atomic E-state index is 12.4. The number of piperazine rings is 1. The molecule has 6 heteroatoms. The Bertz CT molecular complexity index is 867. The summed E-state index contributed by atoms with van der Waals surface area (Å²) in [7, 11) is 0. The van der Waals surface area contributed by atoms with Crippen LogP contribution in [0.3, 0.4) is 0 Å². The van der Waals surface area contributed by atoms with Gasteiger partial charge in [-0.3, -0.25) is 4.79 Å². The summed E-state index contributed by atoms with van der Waals surface area (Å²) >= 11 is 1.90. The van der Waals surface area contributed by atoms with Crippen molar-refractivity contribution in [2.45, 2.75) is 78.1 Å². The normalized spacial score (nSPS) is 17.7. The number of nitrogens with zero attached hydrogens (tertiary/aromatic N) is 4. The average Bonchev–Trinajstić information content (AvgIpc) is 2.92. The van der Waals surface area contributed by atoms with Crippen molar-refractivity contribution in [3.8, 4) is 0 Å². The second-order valence-corrected chi connectivity index (χ2v) is 9.86. The first-order valence-corrected chi connectivity index (χ1v) is 12.2. The van der Waals surface area contributed by atoms with Gasteiger partial charge in [0.15, 0.2) is 0 Å². The molecule has 4 rings (SSSR count). The highest BCUT2D eigenvalue weighted by Crippen LogP contribution is 2.40. The van der Waals surface area contributed by atoms with E-state index in [0.717, 1.165) is 57.1 Å². The molecule has 0 radical (unpaired) electrons. The Morgan fingerprint density at radius 1 is 1.07 bits per heavy atom. The fourth-order valence-electron chi connectivity index (χ4n) is 4.47. The third-order valence-electron chi connectivity index (χ3n) is 6.26. The minimum absolute atomic E-state index is 0.312. The van der Waals surface area contributed by atoms with Crippen molar-refractivity contribution in [3.05, 3.63) is 16.3 Å². The molecular weight excluding hydrogens is 380 g/mol. The predicted molar refractivity (Wildman–Crippen MR) is 121 cm³/mol. The van der Waals surface area contributed by atoms with Crippen molar-refractivity contribution in [1.29, 1.82) is 0 Å². The van der Waals surface area contributed by atoms with Gasteiger partial charge in [-0.25, -0.2) is 9.97 Å². The standard InChI is InChI=1S/C23H34N4OS/c1-4-5-11-19(28)26-12-14-27(15-13-26)22-20-17-9-7-6-8-10-18(17)29-23(20)25-21(24-22)16(2)3/h16H,4-15H2,1-3H3. The third kappa shape index (κ3) is 4.27. The highest BCUT2D eigenvalue weighted by Gasteiger charge is 2.27. The molecule has 0 spiro atoms. The van der Waals surface area contributed by atoms with Gasteiger partial charge in [-0.1, -0.05) is 33.6 Å². The Morgan fingerprint density at radius 3 is 2.55 bits per heavy atom. The number of hydrogen-bond donors (Lipinski definition) is 0. The SMILES string of the molecule is CCCCC(=O)N1CCN(c2nc(C(C)C)nc3sc4c(c23)CCCCC4)CC1. The molecule has 2 aromatic rings. The quantitative estimate of drug-likeness (QED) is 0.652. The van der Waals surface area contributed by atoms with E-state index in [1.165, 1.54) is 46.3 Å². The first kappa shape index (κ1) is 20.6. The molecule has 1 amide bonds. The van der Waals surface area contributed by atoms with Crippen LogP contribution in [0.15, 0.2) is 0 Å². The van der Waals surface area contributed by atoms with Crippen LogP contribution in [0.5, 0.6) is 0 Å². The molecule has 1 aliphatic carbocycles. The van der Waals surface area contributed by atoms with Gasteiger partial charge in [0.1, 0.15) is 16.5 Å². The molecule has 2 aliphatic rings. The van der Waals surface area contributed by atoms with Gasteiger partial charge in [0.25, 0.3) is 0 Å². The number of rotatable bonds is 5. The lowest BCUT2D eigenvalue weighted by Crippen LogP contribution is -2.49. The third-order valence-corrected chi connectivity index (χ3v) is 7.44. The summed E-state index contributed by atoms with van der Waals surface area (Å²) in [6, 6.07) is 0. The van der Waals surface area contributed by atoms with Crippen molar-refractivity contribution in [2.24, 2.45) is 0 Å². The van der Waals surface area contributed by atoms with Gasteiger partial charge in [0, 0.05) is 43.4 Å². The number of carbonyl (C=O) groups excluding carboxylic acids is 1. The zero-order valence-electron chi connectivity index (χ0n) is 18.2. The van der Waals surface area contributed by atoms with Crippen LogP contribution in [0.1, 0.15) is 81.5 Å². The van der Waals surface area contributed by atoms with Crippen LogP contribution in [-0.4, -0.2) is 47.0 Å². The number of aromatic nitrogens is 2.